The summed E-state index contributed by atoms with van der Waals surface area (Å²) in [7, 11) is 2.52. The summed E-state index contributed by atoms with van der Waals surface area (Å²) in [5.41, 5.74) is -0.123. The van der Waals surface area contributed by atoms with Gasteiger partial charge in [-0.05, 0) is 0 Å². The van der Waals surface area contributed by atoms with E-state index in [9.17, 15) is 13.2 Å². The van der Waals surface area contributed by atoms with E-state index < -0.39 is 12.0 Å². The lowest BCUT2D eigenvalue weighted by Gasteiger charge is -2.10. The maximum atomic E-state index is 12.7. The van der Waals surface area contributed by atoms with E-state index in [4.69, 9.17) is 32.7 Å². The average molecular weight is 315 g/mol. The van der Waals surface area contributed by atoms with Gasteiger partial charge in [-0.1, -0.05) is 23.2 Å². The fourth-order valence-corrected chi connectivity index (χ4v) is 2.14. The van der Waals surface area contributed by atoms with Crippen LogP contribution in [0.3, 0.4) is 0 Å². The molecule has 19 heavy (non-hydrogen) atoms. The van der Waals surface area contributed by atoms with E-state index in [2.05, 4.69) is 9.97 Å². The first-order valence-electron chi connectivity index (χ1n) is 4.87. The van der Waals surface area contributed by atoms with Gasteiger partial charge in [-0.25, -0.2) is 4.98 Å². The number of hydrogen-bond donors (Lipinski definition) is 1. The van der Waals surface area contributed by atoms with Crippen molar-refractivity contribution >= 4 is 34.2 Å². The predicted octanol–water partition coefficient (Wildman–Crippen LogP) is 3.91. The molecular formula is C10H7Cl2F3N2O2. The zero-order valence-electron chi connectivity index (χ0n) is 9.65. The second kappa shape index (κ2) is 4.64. The highest BCUT2D eigenvalue weighted by Gasteiger charge is 2.36. The van der Waals surface area contributed by atoms with Gasteiger partial charge in [0.05, 0.1) is 14.2 Å². The molecule has 0 saturated carbocycles. The summed E-state index contributed by atoms with van der Waals surface area (Å²) in [6, 6.07) is 0. The number of alkyl halides is 3. The highest BCUT2D eigenvalue weighted by molar-refractivity contribution is 6.45. The van der Waals surface area contributed by atoms with Gasteiger partial charge >= 0.3 is 6.18 Å². The van der Waals surface area contributed by atoms with Crippen molar-refractivity contribution in [2.45, 2.75) is 6.18 Å². The highest BCUT2D eigenvalue weighted by Crippen LogP contribution is 2.46. The molecule has 1 N–H and O–H groups in total. The summed E-state index contributed by atoms with van der Waals surface area (Å²) in [6.45, 7) is 0. The van der Waals surface area contributed by atoms with Gasteiger partial charge in [-0.15, -0.1) is 0 Å². The molecule has 0 unspecified atom stereocenters. The number of halogens is 5. The number of methoxy groups -OCH3 is 2. The van der Waals surface area contributed by atoms with Crippen LogP contribution in [0.1, 0.15) is 5.82 Å². The van der Waals surface area contributed by atoms with Crippen LogP contribution in [0.25, 0.3) is 11.0 Å². The lowest BCUT2D eigenvalue weighted by Crippen LogP contribution is -2.06. The maximum absolute atomic E-state index is 12.7. The number of nitrogens with zero attached hydrogens (tertiary/aromatic N) is 1. The largest absolute Gasteiger partial charge is 0.493 e. The summed E-state index contributed by atoms with van der Waals surface area (Å²) < 4.78 is 47.9. The molecule has 0 aliphatic carbocycles. The summed E-state index contributed by atoms with van der Waals surface area (Å²) >= 11 is 11.8. The topological polar surface area (TPSA) is 47.1 Å². The third kappa shape index (κ3) is 2.17. The Morgan fingerprint density at radius 1 is 1.05 bits per heavy atom. The van der Waals surface area contributed by atoms with E-state index in [1.807, 2.05) is 0 Å². The number of rotatable bonds is 2. The molecule has 0 spiro atoms. The van der Waals surface area contributed by atoms with Gasteiger partial charge in [0.25, 0.3) is 0 Å². The molecule has 0 saturated heterocycles. The summed E-state index contributed by atoms with van der Waals surface area (Å²) in [4.78, 5) is 5.55. The van der Waals surface area contributed by atoms with Crippen molar-refractivity contribution in [3.63, 3.8) is 0 Å². The Morgan fingerprint density at radius 3 is 2.05 bits per heavy atom. The molecule has 104 valence electrons. The molecule has 0 bridgehead atoms. The molecule has 0 atom stereocenters. The van der Waals surface area contributed by atoms with Crippen molar-refractivity contribution in [1.29, 1.82) is 0 Å². The average Bonchev–Trinajstić information content (AvgIpc) is 2.75. The molecule has 1 heterocycles. The van der Waals surface area contributed by atoms with Crippen LogP contribution < -0.4 is 9.47 Å². The molecule has 0 aliphatic heterocycles. The Bertz CT molecular complexity index is 593. The number of ether oxygens (including phenoxy) is 2. The molecule has 2 rings (SSSR count). The zero-order chi connectivity index (χ0) is 14.4. The minimum atomic E-state index is -4.63. The Hall–Kier alpha value is -1.34. The van der Waals surface area contributed by atoms with Crippen molar-refractivity contribution in [2.75, 3.05) is 14.2 Å². The van der Waals surface area contributed by atoms with Crippen molar-refractivity contribution in [3.05, 3.63) is 15.9 Å². The monoisotopic (exact) mass is 314 g/mol. The smallest absolute Gasteiger partial charge is 0.449 e. The normalized spacial score (nSPS) is 11.9. The van der Waals surface area contributed by atoms with Crippen molar-refractivity contribution < 1.29 is 22.6 Å². The van der Waals surface area contributed by atoms with Gasteiger partial charge in [-0.2, -0.15) is 13.2 Å². The molecule has 1 aromatic carbocycles. The van der Waals surface area contributed by atoms with Crippen LogP contribution in [0, 0.1) is 0 Å². The summed E-state index contributed by atoms with van der Waals surface area (Å²) in [6.07, 6.45) is -4.63. The Balaban J connectivity index is 2.89. The van der Waals surface area contributed by atoms with Crippen LogP contribution >= 0.6 is 23.2 Å². The van der Waals surface area contributed by atoms with E-state index in [1.165, 1.54) is 14.2 Å². The van der Waals surface area contributed by atoms with Gasteiger partial charge in [0.15, 0.2) is 11.5 Å². The minimum Gasteiger partial charge on any atom is -0.493 e. The second-order valence-electron chi connectivity index (χ2n) is 3.50. The molecule has 1 aromatic heterocycles. The van der Waals surface area contributed by atoms with E-state index in [0.717, 1.165) is 0 Å². The lowest BCUT2D eigenvalue weighted by atomic mass is 10.2. The summed E-state index contributed by atoms with van der Waals surface area (Å²) in [5.74, 6) is -1.25. The van der Waals surface area contributed by atoms with Crippen LogP contribution in [-0.4, -0.2) is 24.2 Å². The van der Waals surface area contributed by atoms with Gasteiger partial charge < -0.3 is 14.5 Å². The standard InChI is InChI=1S/C10H7Cl2F3N2O2/c1-18-7-3(11)4(12)8(19-2)6-5(7)16-9(17-6)10(13,14)15/h1-2H3,(H,16,17). The lowest BCUT2D eigenvalue weighted by molar-refractivity contribution is -0.144. The van der Waals surface area contributed by atoms with Crippen molar-refractivity contribution in [2.24, 2.45) is 0 Å². The number of nitrogens with one attached hydrogen (secondary N) is 1. The Labute approximate surface area is 115 Å². The molecule has 0 amide bonds. The van der Waals surface area contributed by atoms with Gasteiger partial charge in [0.2, 0.25) is 5.82 Å². The van der Waals surface area contributed by atoms with Gasteiger partial charge in [-0.3, -0.25) is 0 Å². The SMILES string of the molecule is COc1c(Cl)c(Cl)c(OC)c2[nH]c(C(F)(F)F)nc12. The minimum absolute atomic E-state index is 0.0227. The van der Waals surface area contributed by atoms with Crippen LogP contribution in [0.15, 0.2) is 0 Å². The van der Waals surface area contributed by atoms with Crippen LogP contribution in [0.2, 0.25) is 10.0 Å². The van der Waals surface area contributed by atoms with Crippen molar-refractivity contribution in [1.82, 2.24) is 9.97 Å². The number of aromatic amines is 1. The first-order valence-corrected chi connectivity index (χ1v) is 5.62. The fraction of sp³-hybridized carbons (Fsp3) is 0.300. The quantitative estimate of drug-likeness (QED) is 0.914. The fourth-order valence-electron chi connectivity index (χ4n) is 1.63. The van der Waals surface area contributed by atoms with Crippen LogP contribution in [0.4, 0.5) is 13.2 Å². The molecule has 0 radical (unpaired) electrons. The molecular weight excluding hydrogens is 308 g/mol. The van der Waals surface area contributed by atoms with Crippen LogP contribution in [0.5, 0.6) is 11.5 Å². The number of aromatic nitrogens is 2. The van der Waals surface area contributed by atoms with E-state index >= 15 is 0 Å². The molecule has 9 heteroatoms. The first-order chi connectivity index (χ1) is 8.81. The Morgan fingerprint density at radius 2 is 1.58 bits per heavy atom. The zero-order valence-corrected chi connectivity index (χ0v) is 11.2. The van der Waals surface area contributed by atoms with Crippen LogP contribution in [-0.2, 0) is 6.18 Å². The van der Waals surface area contributed by atoms with E-state index in [0.29, 0.717) is 0 Å². The molecule has 2 aromatic rings. The molecule has 4 nitrogen and oxygen atoms in total. The van der Waals surface area contributed by atoms with E-state index in [-0.39, 0.29) is 32.6 Å². The third-order valence-corrected chi connectivity index (χ3v) is 3.23. The second-order valence-corrected chi connectivity index (χ2v) is 4.26. The Kier molecular flexibility index (Phi) is 3.44. The number of fused-ring (bicyclic) bond motifs is 1. The number of benzene rings is 1. The maximum Gasteiger partial charge on any atom is 0.449 e. The van der Waals surface area contributed by atoms with Gasteiger partial charge in [0.1, 0.15) is 21.1 Å². The van der Waals surface area contributed by atoms with E-state index in [1.54, 1.807) is 0 Å². The number of H-pyrrole nitrogens is 1. The molecule has 0 aliphatic rings. The number of imidazole rings is 1. The molecule has 0 fully saturated rings. The number of hydrogen-bond acceptors (Lipinski definition) is 3. The van der Waals surface area contributed by atoms with Crippen molar-refractivity contribution in [3.8, 4) is 11.5 Å². The van der Waals surface area contributed by atoms with Gasteiger partial charge in [0, 0.05) is 0 Å². The predicted molar refractivity (Wildman–Crippen MR) is 64.2 cm³/mol. The highest BCUT2D eigenvalue weighted by atomic mass is 35.5. The first kappa shape index (κ1) is 14.1. The summed E-state index contributed by atoms with van der Waals surface area (Å²) in [5, 5.41) is -0.111. The third-order valence-electron chi connectivity index (χ3n) is 2.41.